The molecule has 2 aromatic rings. The number of anilines is 3. The van der Waals surface area contributed by atoms with E-state index in [0.29, 0.717) is 11.4 Å². The zero-order chi connectivity index (χ0) is 19.3. The van der Waals surface area contributed by atoms with Crippen molar-refractivity contribution in [2.24, 2.45) is 0 Å². The van der Waals surface area contributed by atoms with E-state index in [1.165, 1.54) is 13.0 Å². The van der Waals surface area contributed by atoms with Gasteiger partial charge in [0.1, 0.15) is 6.54 Å². The Morgan fingerprint density at radius 2 is 1.65 bits per heavy atom. The van der Waals surface area contributed by atoms with E-state index in [0.717, 1.165) is 16.1 Å². The number of carbonyl (C=O) groups is 2. The van der Waals surface area contributed by atoms with Crippen LogP contribution in [-0.4, -0.2) is 33.0 Å². The standard InChI is InChI=1S/C18H21N3O4S/c1-13-7-9-15(10-8-13)20-18(23)12-21(26(3,24)25)17-6-4-5-16(11-17)19-14(2)22/h4-11H,12H2,1-3H3,(H,19,22)(H,20,23). The molecule has 26 heavy (non-hydrogen) atoms. The van der Waals surface area contributed by atoms with Gasteiger partial charge in [0, 0.05) is 18.3 Å². The van der Waals surface area contributed by atoms with E-state index in [2.05, 4.69) is 10.6 Å². The van der Waals surface area contributed by atoms with Crippen molar-refractivity contribution >= 4 is 38.9 Å². The van der Waals surface area contributed by atoms with Gasteiger partial charge in [0.15, 0.2) is 0 Å². The molecule has 0 saturated heterocycles. The summed E-state index contributed by atoms with van der Waals surface area (Å²) in [6.45, 7) is 2.91. The molecule has 7 nitrogen and oxygen atoms in total. The largest absolute Gasteiger partial charge is 0.326 e. The molecule has 0 aliphatic carbocycles. The molecule has 8 heteroatoms. The third kappa shape index (κ3) is 5.59. The molecular formula is C18H21N3O4S. The topological polar surface area (TPSA) is 95.6 Å². The van der Waals surface area contributed by atoms with Gasteiger partial charge in [0.2, 0.25) is 21.8 Å². The molecular weight excluding hydrogens is 354 g/mol. The predicted molar refractivity (Wildman–Crippen MR) is 103 cm³/mol. The molecule has 0 aliphatic heterocycles. The molecule has 0 aliphatic rings. The summed E-state index contributed by atoms with van der Waals surface area (Å²) < 4.78 is 25.3. The van der Waals surface area contributed by atoms with Gasteiger partial charge in [0.25, 0.3) is 0 Å². The minimum absolute atomic E-state index is 0.273. The molecule has 0 saturated carbocycles. The van der Waals surface area contributed by atoms with Gasteiger partial charge in [0.05, 0.1) is 11.9 Å². The zero-order valence-corrected chi connectivity index (χ0v) is 15.6. The summed E-state index contributed by atoms with van der Waals surface area (Å²) in [6, 6.07) is 13.5. The first kappa shape index (κ1) is 19.5. The number of nitrogens with one attached hydrogen (secondary N) is 2. The number of benzene rings is 2. The van der Waals surface area contributed by atoms with Gasteiger partial charge in [-0.1, -0.05) is 23.8 Å². The normalized spacial score (nSPS) is 10.9. The fourth-order valence-electron chi connectivity index (χ4n) is 2.31. The van der Waals surface area contributed by atoms with Gasteiger partial charge >= 0.3 is 0 Å². The minimum Gasteiger partial charge on any atom is -0.326 e. The lowest BCUT2D eigenvalue weighted by Gasteiger charge is -2.22. The summed E-state index contributed by atoms with van der Waals surface area (Å²) in [5.74, 6) is -0.741. The molecule has 138 valence electrons. The first-order valence-corrected chi connectivity index (χ1v) is 9.72. The van der Waals surface area contributed by atoms with E-state index in [-0.39, 0.29) is 18.1 Å². The lowest BCUT2D eigenvalue weighted by atomic mass is 10.2. The number of hydrogen-bond donors (Lipinski definition) is 2. The second-order valence-electron chi connectivity index (χ2n) is 5.92. The molecule has 0 fully saturated rings. The monoisotopic (exact) mass is 375 g/mol. The Morgan fingerprint density at radius 1 is 1.00 bits per heavy atom. The average molecular weight is 375 g/mol. The molecule has 0 spiro atoms. The first-order valence-electron chi connectivity index (χ1n) is 7.87. The van der Waals surface area contributed by atoms with Gasteiger partial charge in [-0.25, -0.2) is 8.42 Å². The fourth-order valence-corrected chi connectivity index (χ4v) is 3.16. The molecule has 0 atom stereocenters. The lowest BCUT2D eigenvalue weighted by molar-refractivity contribution is -0.115. The number of hydrogen-bond acceptors (Lipinski definition) is 4. The molecule has 2 amide bonds. The molecule has 2 N–H and O–H groups in total. The van der Waals surface area contributed by atoms with E-state index < -0.39 is 15.9 Å². The average Bonchev–Trinajstić information content (AvgIpc) is 2.53. The third-order valence-electron chi connectivity index (χ3n) is 3.48. The van der Waals surface area contributed by atoms with Crippen LogP contribution in [0.25, 0.3) is 0 Å². The van der Waals surface area contributed by atoms with Crippen LogP contribution in [0.5, 0.6) is 0 Å². The molecule has 0 bridgehead atoms. The molecule has 0 heterocycles. The summed E-state index contributed by atoms with van der Waals surface area (Å²) in [4.78, 5) is 23.5. The maximum atomic E-state index is 12.3. The molecule has 0 aromatic heterocycles. The predicted octanol–water partition coefficient (Wildman–Crippen LogP) is 2.36. The second-order valence-corrected chi connectivity index (χ2v) is 7.82. The van der Waals surface area contributed by atoms with E-state index in [1.807, 2.05) is 19.1 Å². The molecule has 0 radical (unpaired) electrons. The molecule has 2 rings (SSSR count). The number of carbonyl (C=O) groups excluding carboxylic acids is 2. The highest BCUT2D eigenvalue weighted by Crippen LogP contribution is 2.22. The fraction of sp³-hybridized carbons (Fsp3) is 0.222. The van der Waals surface area contributed by atoms with Crippen LogP contribution < -0.4 is 14.9 Å². The van der Waals surface area contributed by atoms with Crippen LogP contribution in [0.15, 0.2) is 48.5 Å². The minimum atomic E-state index is -3.70. The molecule has 0 unspecified atom stereocenters. The van der Waals surface area contributed by atoms with Crippen molar-refractivity contribution in [2.75, 3.05) is 27.7 Å². The van der Waals surface area contributed by atoms with Crippen molar-refractivity contribution in [3.8, 4) is 0 Å². The lowest BCUT2D eigenvalue weighted by Crippen LogP contribution is -2.37. The number of nitrogens with zero attached hydrogens (tertiary/aromatic N) is 1. The summed E-state index contributed by atoms with van der Waals surface area (Å²) in [5, 5.41) is 5.26. The van der Waals surface area contributed by atoms with Crippen molar-refractivity contribution in [1.29, 1.82) is 0 Å². The van der Waals surface area contributed by atoms with Crippen LogP contribution >= 0.6 is 0 Å². The Bertz CT molecular complexity index is 908. The van der Waals surface area contributed by atoms with E-state index in [4.69, 9.17) is 0 Å². The van der Waals surface area contributed by atoms with Crippen LogP contribution in [0, 0.1) is 6.92 Å². The van der Waals surface area contributed by atoms with Crippen LogP contribution in [-0.2, 0) is 19.6 Å². The van der Waals surface area contributed by atoms with Crippen LogP contribution in [0.2, 0.25) is 0 Å². The molecule has 2 aromatic carbocycles. The highest BCUT2D eigenvalue weighted by molar-refractivity contribution is 7.92. The smallest absolute Gasteiger partial charge is 0.245 e. The maximum Gasteiger partial charge on any atom is 0.245 e. The van der Waals surface area contributed by atoms with Gasteiger partial charge in [-0.05, 0) is 37.3 Å². The van der Waals surface area contributed by atoms with Crippen molar-refractivity contribution in [1.82, 2.24) is 0 Å². The van der Waals surface area contributed by atoms with Crippen LogP contribution in [0.3, 0.4) is 0 Å². The van der Waals surface area contributed by atoms with Crippen molar-refractivity contribution < 1.29 is 18.0 Å². The Labute approximate surface area is 153 Å². The Kier molecular flexibility index (Phi) is 5.99. The zero-order valence-electron chi connectivity index (χ0n) is 14.8. The Morgan fingerprint density at radius 3 is 2.23 bits per heavy atom. The van der Waals surface area contributed by atoms with Gasteiger partial charge in [-0.2, -0.15) is 0 Å². The first-order chi connectivity index (χ1) is 12.1. The summed E-state index contributed by atoms with van der Waals surface area (Å²) in [7, 11) is -3.70. The van der Waals surface area contributed by atoms with Gasteiger partial charge < -0.3 is 10.6 Å². The Balaban J connectivity index is 2.21. The second kappa shape index (κ2) is 8.01. The van der Waals surface area contributed by atoms with Gasteiger partial charge in [-0.15, -0.1) is 0 Å². The summed E-state index contributed by atoms with van der Waals surface area (Å²) in [6.07, 6.45) is 1.03. The highest BCUT2D eigenvalue weighted by Gasteiger charge is 2.21. The summed E-state index contributed by atoms with van der Waals surface area (Å²) >= 11 is 0. The number of aryl methyl sites for hydroxylation is 1. The number of amides is 2. The van der Waals surface area contributed by atoms with E-state index >= 15 is 0 Å². The van der Waals surface area contributed by atoms with E-state index in [1.54, 1.807) is 30.3 Å². The van der Waals surface area contributed by atoms with Gasteiger partial charge in [-0.3, -0.25) is 13.9 Å². The maximum absolute atomic E-state index is 12.3. The summed E-state index contributed by atoms with van der Waals surface area (Å²) in [5.41, 5.74) is 2.37. The van der Waals surface area contributed by atoms with Crippen molar-refractivity contribution in [3.05, 3.63) is 54.1 Å². The van der Waals surface area contributed by atoms with Crippen LogP contribution in [0.1, 0.15) is 12.5 Å². The SMILES string of the molecule is CC(=O)Nc1cccc(N(CC(=O)Nc2ccc(C)cc2)S(C)(=O)=O)c1. The highest BCUT2D eigenvalue weighted by atomic mass is 32.2. The third-order valence-corrected chi connectivity index (χ3v) is 4.62. The van der Waals surface area contributed by atoms with E-state index in [9.17, 15) is 18.0 Å². The Hall–Kier alpha value is -2.87. The van der Waals surface area contributed by atoms with Crippen molar-refractivity contribution in [2.45, 2.75) is 13.8 Å². The quantitative estimate of drug-likeness (QED) is 0.810. The van der Waals surface area contributed by atoms with Crippen molar-refractivity contribution in [3.63, 3.8) is 0 Å². The number of rotatable bonds is 6. The number of sulfonamides is 1. The van der Waals surface area contributed by atoms with Crippen LogP contribution in [0.4, 0.5) is 17.1 Å².